The lowest BCUT2D eigenvalue weighted by molar-refractivity contribution is 0.305. The van der Waals surface area contributed by atoms with Crippen LogP contribution in [0.1, 0.15) is 16.7 Å². The van der Waals surface area contributed by atoms with Gasteiger partial charge in [-0.15, -0.1) is 11.3 Å². The molecule has 0 N–H and O–H groups in total. The van der Waals surface area contributed by atoms with E-state index in [-0.39, 0.29) is 0 Å². The van der Waals surface area contributed by atoms with Crippen LogP contribution in [-0.2, 0) is 6.61 Å². The van der Waals surface area contributed by atoms with Crippen molar-refractivity contribution in [2.45, 2.75) is 20.5 Å². The Labute approximate surface area is 151 Å². The molecule has 25 heavy (non-hydrogen) atoms. The maximum absolute atomic E-state index is 5.96. The van der Waals surface area contributed by atoms with Gasteiger partial charge in [0.15, 0.2) is 0 Å². The highest BCUT2D eigenvalue weighted by Crippen LogP contribution is 2.31. The maximum atomic E-state index is 5.96. The molecule has 3 aromatic carbocycles. The fourth-order valence-corrected chi connectivity index (χ4v) is 3.78. The van der Waals surface area contributed by atoms with Gasteiger partial charge in [0, 0.05) is 5.56 Å². The molecule has 4 rings (SSSR count). The number of aromatic nitrogens is 1. The largest absolute Gasteiger partial charge is 0.489 e. The average Bonchev–Trinajstić information content (AvgIpc) is 3.07. The summed E-state index contributed by atoms with van der Waals surface area (Å²) >= 11 is 1.72. The molecular weight excluding hydrogens is 326 g/mol. The van der Waals surface area contributed by atoms with Gasteiger partial charge in [0.05, 0.1) is 10.2 Å². The van der Waals surface area contributed by atoms with Crippen LogP contribution in [0.25, 0.3) is 20.8 Å². The maximum Gasteiger partial charge on any atom is 0.124 e. The smallest absolute Gasteiger partial charge is 0.124 e. The number of nitrogens with zero attached hydrogens (tertiary/aromatic N) is 1. The van der Waals surface area contributed by atoms with E-state index < -0.39 is 0 Å². The summed E-state index contributed by atoms with van der Waals surface area (Å²) in [7, 11) is 0. The van der Waals surface area contributed by atoms with Gasteiger partial charge in [-0.1, -0.05) is 35.9 Å². The number of hydrogen-bond acceptors (Lipinski definition) is 3. The second-order valence-corrected chi connectivity index (χ2v) is 7.26. The first-order valence-electron chi connectivity index (χ1n) is 8.34. The van der Waals surface area contributed by atoms with Crippen LogP contribution in [0.15, 0.2) is 66.7 Å². The SMILES string of the molecule is Cc1ccc(C)c(COc2ccc(-c3nc4ccccc4s3)cc2)c1. The molecule has 1 heterocycles. The Morgan fingerprint density at radius 1 is 0.920 bits per heavy atom. The van der Waals surface area contributed by atoms with E-state index >= 15 is 0 Å². The molecule has 1 aromatic heterocycles. The Bertz CT molecular complexity index is 985. The van der Waals surface area contributed by atoms with Gasteiger partial charge in [0.1, 0.15) is 17.4 Å². The summed E-state index contributed by atoms with van der Waals surface area (Å²) < 4.78 is 7.18. The van der Waals surface area contributed by atoms with Crippen LogP contribution in [0.5, 0.6) is 5.75 Å². The van der Waals surface area contributed by atoms with Crippen molar-refractivity contribution in [2.75, 3.05) is 0 Å². The normalized spacial score (nSPS) is 11.0. The fraction of sp³-hybridized carbons (Fsp3) is 0.136. The summed E-state index contributed by atoms with van der Waals surface area (Å²) in [6, 6.07) is 22.9. The quantitative estimate of drug-likeness (QED) is 0.442. The van der Waals surface area contributed by atoms with Gasteiger partial charge in [-0.05, 0) is 61.4 Å². The average molecular weight is 345 g/mol. The Hall–Kier alpha value is -2.65. The van der Waals surface area contributed by atoms with E-state index in [0.717, 1.165) is 21.8 Å². The highest BCUT2D eigenvalue weighted by Gasteiger charge is 2.06. The van der Waals surface area contributed by atoms with Crippen LogP contribution < -0.4 is 4.74 Å². The zero-order valence-corrected chi connectivity index (χ0v) is 15.1. The first kappa shape index (κ1) is 15.9. The van der Waals surface area contributed by atoms with Gasteiger partial charge in [-0.3, -0.25) is 0 Å². The Morgan fingerprint density at radius 3 is 2.52 bits per heavy atom. The van der Waals surface area contributed by atoms with E-state index in [0.29, 0.717) is 6.61 Å². The van der Waals surface area contributed by atoms with E-state index in [1.54, 1.807) is 11.3 Å². The molecule has 0 saturated carbocycles. The standard InChI is InChI=1S/C22H19NOS/c1-15-7-8-16(2)18(13-15)14-24-19-11-9-17(10-12-19)22-23-20-5-3-4-6-21(20)25-22/h3-13H,14H2,1-2H3. The lowest BCUT2D eigenvalue weighted by atomic mass is 10.1. The van der Waals surface area contributed by atoms with Crippen LogP contribution in [0.4, 0.5) is 0 Å². The van der Waals surface area contributed by atoms with Crippen molar-refractivity contribution in [2.24, 2.45) is 0 Å². The summed E-state index contributed by atoms with van der Waals surface area (Å²) in [5.74, 6) is 0.880. The van der Waals surface area contributed by atoms with Crippen molar-refractivity contribution in [1.29, 1.82) is 0 Å². The van der Waals surface area contributed by atoms with E-state index in [9.17, 15) is 0 Å². The molecule has 0 spiro atoms. The van der Waals surface area contributed by atoms with Gasteiger partial charge >= 0.3 is 0 Å². The van der Waals surface area contributed by atoms with Crippen molar-refractivity contribution >= 4 is 21.6 Å². The first-order chi connectivity index (χ1) is 12.2. The molecule has 2 nitrogen and oxygen atoms in total. The molecule has 0 unspecified atom stereocenters. The van der Waals surface area contributed by atoms with Gasteiger partial charge in [-0.25, -0.2) is 4.98 Å². The zero-order chi connectivity index (χ0) is 17.2. The molecule has 0 fully saturated rings. The minimum absolute atomic E-state index is 0.591. The molecule has 124 valence electrons. The number of aryl methyl sites for hydroxylation is 2. The molecule has 0 aliphatic rings. The number of rotatable bonds is 4. The molecule has 3 heteroatoms. The highest BCUT2D eigenvalue weighted by molar-refractivity contribution is 7.21. The van der Waals surface area contributed by atoms with Crippen molar-refractivity contribution < 1.29 is 4.74 Å². The van der Waals surface area contributed by atoms with Gasteiger partial charge in [0.2, 0.25) is 0 Å². The van der Waals surface area contributed by atoms with Crippen molar-refractivity contribution in [3.8, 4) is 16.3 Å². The molecule has 0 aliphatic heterocycles. The first-order valence-corrected chi connectivity index (χ1v) is 9.16. The summed E-state index contributed by atoms with van der Waals surface area (Å²) in [4.78, 5) is 4.71. The second kappa shape index (κ2) is 6.69. The van der Waals surface area contributed by atoms with E-state index in [2.05, 4.69) is 62.4 Å². The summed E-state index contributed by atoms with van der Waals surface area (Å²) in [5.41, 5.74) is 5.93. The monoisotopic (exact) mass is 345 g/mol. The minimum Gasteiger partial charge on any atom is -0.489 e. The zero-order valence-electron chi connectivity index (χ0n) is 14.3. The van der Waals surface area contributed by atoms with Crippen LogP contribution >= 0.6 is 11.3 Å². The van der Waals surface area contributed by atoms with Crippen molar-refractivity contribution in [3.63, 3.8) is 0 Å². The van der Waals surface area contributed by atoms with E-state index in [4.69, 9.17) is 9.72 Å². The topological polar surface area (TPSA) is 22.1 Å². The highest BCUT2D eigenvalue weighted by atomic mass is 32.1. The molecule has 0 saturated heterocycles. The van der Waals surface area contributed by atoms with Crippen molar-refractivity contribution in [3.05, 3.63) is 83.4 Å². The minimum atomic E-state index is 0.591. The Kier molecular flexibility index (Phi) is 4.24. The van der Waals surface area contributed by atoms with Gasteiger partial charge < -0.3 is 4.74 Å². The third kappa shape index (κ3) is 3.42. The van der Waals surface area contributed by atoms with Crippen molar-refractivity contribution in [1.82, 2.24) is 4.98 Å². The molecule has 0 aliphatic carbocycles. The van der Waals surface area contributed by atoms with E-state index in [1.807, 2.05) is 18.2 Å². The summed E-state index contributed by atoms with van der Waals surface area (Å²) in [5, 5.41) is 1.04. The summed E-state index contributed by atoms with van der Waals surface area (Å²) in [6.07, 6.45) is 0. The van der Waals surface area contributed by atoms with Crippen LogP contribution in [0.3, 0.4) is 0 Å². The summed E-state index contributed by atoms with van der Waals surface area (Å²) in [6.45, 7) is 4.82. The molecule has 0 amide bonds. The predicted octanol–water partition coefficient (Wildman–Crippen LogP) is 6.16. The number of ether oxygens (including phenoxy) is 1. The lowest BCUT2D eigenvalue weighted by Crippen LogP contribution is -1.98. The number of fused-ring (bicyclic) bond motifs is 1. The number of benzene rings is 3. The lowest BCUT2D eigenvalue weighted by Gasteiger charge is -2.10. The predicted molar refractivity (Wildman–Crippen MR) is 105 cm³/mol. The second-order valence-electron chi connectivity index (χ2n) is 6.23. The number of thiazole rings is 1. The van der Waals surface area contributed by atoms with Crippen LogP contribution in [-0.4, -0.2) is 4.98 Å². The third-order valence-electron chi connectivity index (χ3n) is 4.29. The molecule has 4 aromatic rings. The molecule has 0 bridgehead atoms. The van der Waals surface area contributed by atoms with Crippen LogP contribution in [0.2, 0.25) is 0 Å². The molecular formula is C22H19NOS. The molecule has 0 atom stereocenters. The Balaban J connectivity index is 1.51. The number of para-hydroxylation sites is 1. The third-order valence-corrected chi connectivity index (χ3v) is 5.38. The van der Waals surface area contributed by atoms with Gasteiger partial charge in [-0.2, -0.15) is 0 Å². The Morgan fingerprint density at radius 2 is 1.72 bits per heavy atom. The van der Waals surface area contributed by atoms with Gasteiger partial charge in [0.25, 0.3) is 0 Å². The van der Waals surface area contributed by atoms with Crippen LogP contribution in [0, 0.1) is 13.8 Å². The van der Waals surface area contributed by atoms with E-state index in [1.165, 1.54) is 21.4 Å². The fourth-order valence-electron chi connectivity index (χ4n) is 2.81. The number of hydrogen-bond donors (Lipinski definition) is 0. The molecule has 0 radical (unpaired) electrons.